The molecule has 3 nitrogen and oxygen atoms in total. The van der Waals surface area contributed by atoms with E-state index in [4.69, 9.17) is 0 Å². The van der Waals surface area contributed by atoms with Gasteiger partial charge in [0.15, 0.2) is 0 Å². The predicted octanol–water partition coefficient (Wildman–Crippen LogP) is 3.35. The van der Waals surface area contributed by atoms with Crippen LogP contribution >= 0.6 is 0 Å². The van der Waals surface area contributed by atoms with Crippen LogP contribution in [0.3, 0.4) is 0 Å². The molecule has 3 heteroatoms. The smallest absolute Gasteiger partial charge is 0.150 e. The van der Waals surface area contributed by atoms with E-state index in [0.29, 0.717) is 5.56 Å². The molecule has 3 rings (SSSR count). The maximum absolute atomic E-state index is 10.7. The van der Waals surface area contributed by atoms with E-state index in [1.807, 2.05) is 24.3 Å². The Labute approximate surface area is 104 Å². The fourth-order valence-electron chi connectivity index (χ4n) is 1.95. The first-order valence-corrected chi connectivity index (χ1v) is 5.78. The number of H-pyrrole nitrogens is 1. The second-order valence-electron chi connectivity index (χ2n) is 4.35. The highest BCUT2D eigenvalue weighted by atomic mass is 16.1. The monoisotopic (exact) mass is 236 g/mol. The van der Waals surface area contributed by atoms with E-state index in [1.54, 1.807) is 6.07 Å². The highest BCUT2D eigenvalue weighted by Gasteiger charge is 2.05. The average molecular weight is 236 g/mol. The summed E-state index contributed by atoms with van der Waals surface area (Å²) in [7, 11) is 0. The molecule has 1 heterocycles. The molecule has 0 spiro atoms. The minimum Gasteiger partial charge on any atom is -0.338 e. The number of carbonyl (C=O) groups is 1. The van der Waals surface area contributed by atoms with Crippen LogP contribution in [-0.2, 0) is 0 Å². The molecule has 0 aliphatic carbocycles. The molecule has 2 aromatic carbocycles. The van der Waals surface area contributed by atoms with Crippen molar-refractivity contribution in [3.05, 3.63) is 53.6 Å². The molecule has 3 aromatic rings. The van der Waals surface area contributed by atoms with Crippen LogP contribution in [0, 0.1) is 6.92 Å². The van der Waals surface area contributed by atoms with Crippen LogP contribution in [0.4, 0.5) is 0 Å². The van der Waals surface area contributed by atoms with Gasteiger partial charge in [-0.1, -0.05) is 29.8 Å². The first kappa shape index (κ1) is 10.7. The quantitative estimate of drug-likeness (QED) is 0.693. The summed E-state index contributed by atoms with van der Waals surface area (Å²) in [5.74, 6) is 0.827. The second-order valence-corrected chi connectivity index (χ2v) is 4.35. The number of fused-ring (bicyclic) bond motifs is 1. The zero-order chi connectivity index (χ0) is 12.5. The van der Waals surface area contributed by atoms with E-state index >= 15 is 0 Å². The van der Waals surface area contributed by atoms with E-state index < -0.39 is 0 Å². The second kappa shape index (κ2) is 4.11. The van der Waals surface area contributed by atoms with Crippen molar-refractivity contribution in [2.75, 3.05) is 0 Å². The Morgan fingerprint density at radius 1 is 1.11 bits per heavy atom. The summed E-state index contributed by atoms with van der Waals surface area (Å²) >= 11 is 0. The van der Waals surface area contributed by atoms with Crippen LogP contribution in [-0.4, -0.2) is 16.3 Å². The van der Waals surface area contributed by atoms with Gasteiger partial charge in [-0.05, 0) is 25.1 Å². The van der Waals surface area contributed by atoms with Crippen molar-refractivity contribution in [3.63, 3.8) is 0 Å². The van der Waals surface area contributed by atoms with E-state index in [2.05, 4.69) is 29.0 Å². The molecule has 0 amide bonds. The van der Waals surface area contributed by atoms with Gasteiger partial charge in [-0.2, -0.15) is 0 Å². The lowest BCUT2D eigenvalue weighted by Gasteiger charge is -1.96. The van der Waals surface area contributed by atoms with Gasteiger partial charge in [0.05, 0.1) is 11.0 Å². The molecular weight excluding hydrogens is 224 g/mol. The Kier molecular flexibility index (Phi) is 2.45. The van der Waals surface area contributed by atoms with E-state index in [-0.39, 0.29) is 0 Å². The van der Waals surface area contributed by atoms with Gasteiger partial charge in [0.25, 0.3) is 0 Å². The van der Waals surface area contributed by atoms with Crippen molar-refractivity contribution in [2.24, 2.45) is 0 Å². The summed E-state index contributed by atoms with van der Waals surface area (Å²) < 4.78 is 0. The number of carbonyl (C=O) groups excluding carboxylic acids is 1. The molecule has 1 aromatic heterocycles. The van der Waals surface area contributed by atoms with Gasteiger partial charge in [0, 0.05) is 11.1 Å². The van der Waals surface area contributed by atoms with Gasteiger partial charge >= 0.3 is 0 Å². The first-order chi connectivity index (χ1) is 8.76. The standard InChI is InChI=1S/C15H12N2O/c1-10-2-5-12(6-3-10)15-16-13-7-4-11(9-18)8-14(13)17-15/h2-9H,1H3,(H,16,17). The average Bonchev–Trinajstić information content (AvgIpc) is 2.82. The van der Waals surface area contributed by atoms with Crippen molar-refractivity contribution in [3.8, 4) is 11.4 Å². The van der Waals surface area contributed by atoms with Gasteiger partial charge in [-0.3, -0.25) is 4.79 Å². The number of aldehydes is 1. The fourth-order valence-corrected chi connectivity index (χ4v) is 1.95. The highest BCUT2D eigenvalue weighted by Crippen LogP contribution is 2.21. The molecule has 0 saturated heterocycles. The summed E-state index contributed by atoms with van der Waals surface area (Å²) in [6, 6.07) is 13.6. The minimum atomic E-state index is 0.654. The van der Waals surface area contributed by atoms with Crippen LogP contribution in [0.5, 0.6) is 0 Å². The molecule has 0 radical (unpaired) electrons. The Bertz CT molecular complexity index is 711. The molecule has 0 saturated carbocycles. The summed E-state index contributed by atoms with van der Waals surface area (Å²) in [6.45, 7) is 2.05. The Balaban J connectivity index is 2.12. The molecule has 18 heavy (non-hydrogen) atoms. The number of hydrogen-bond donors (Lipinski definition) is 1. The number of imidazole rings is 1. The van der Waals surface area contributed by atoms with Crippen LogP contribution in [0.25, 0.3) is 22.4 Å². The normalized spacial score (nSPS) is 10.7. The molecule has 0 fully saturated rings. The lowest BCUT2D eigenvalue weighted by molar-refractivity contribution is 0.112. The van der Waals surface area contributed by atoms with Crippen molar-refractivity contribution >= 4 is 17.3 Å². The lowest BCUT2D eigenvalue weighted by atomic mass is 10.1. The topological polar surface area (TPSA) is 45.8 Å². The number of nitrogens with one attached hydrogen (secondary N) is 1. The molecule has 0 unspecified atom stereocenters. The van der Waals surface area contributed by atoms with Gasteiger partial charge in [-0.25, -0.2) is 4.98 Å². The number of aromatic amines is 1. The molecule has 0 bridgehead atoms. The number of nitrogens with zero attached hydrogens (tertiary/aromatic N) is 1. The van der Waals surface area contributed by atoms with Crippen LogP contribution in [0.15, 0.2) is 42.5 Å². The summed E-state index contributed by atoms with van der Waals surface area (Å²) in [4.78, 5) is 18.5. The zero-order valence-corrected chi connectivity index (χ0v) is 9.97. The minimum absolute atomic E-state index is 0.654. The first-order valence-electron chi connectivity index (χ1n) is 5.78. The zero-order valence-electron chi connectivity index (χ0n) is 9.97. The number of aromatic nitrogens is 2. The van der Waals surface area contributed by atoms with Crippen molar-refractivity contribution in [1.29, 1.82) is 0 Å². The number of hydrogen-bond acceptors (Lipinski definition) is 2. The predicted molar refractivity (Wildman–Crippen MR) is 71.7 cm³/mol. The molecule has 1 N–H and O–H groups in total. The third-order valence-electron chi connectivity index (χ3n) is 2.97. The molecule has 0 aliphatic heterocycles. The summed E-state index contributed by atoms with van der Waals surface area (Å²) in [5, 5.41) is 0. The Morgan fingerprint density at radius 3 is 2.61 bits per heavy atom. The molecular formula is C15H12N2O. The molecule has 88 valence electrons. The molecule has 0 atom stereocenters. The van der Waals surface area contributed by atoms with Gasteiger partial charge < -0.3 is 4.98 Å². The maximum Gasteiger partial charge on any atom is 0.150 e. The lowest BCUT2D eigenvalue weighted by Crippen LogP contribution is -1.80. The largest absolute Gasteiger partial charge is 0.338 e. The summed E-state index contributed by atoms with van der Waals surface area (Å²) in [6.07, 6.45) is 0.839. The van der Waals surface area contributed by atoms with Crippen molar-refractivity contribution < 1.29 is 4.79 Å². The Hall–Kier alpha value is -2.42. The van der Waals surface area contributed by atoms with E-state index in [9.17, 15) is 4.79 Å². The number of benzene rings is 2. The number of aryl methyl sites for hydroxylation is 1. The van der Waals surface area contributed by atoms with Gasteiger partial charge in [-0.15, -0.1) is 0 Å². The SMILES string of the molecule is Cc1ccc(-c2nc3ccc(C=O)cc3[nH]2)cc1. The molecule has 0 aliphatic rings. The van der Waals surface area contributed by atoms with E-state index in [1.165, 1.54) is 5.56 Å². The van der Waals surface area contributed by atoms with Gasteiger partial charge in [0.2, 0.25) is 0 Å². The number of rotatable bonds is 2. The van der Waals surface area contributed by atoms with Crippen molar-refractivity contribution in [2.45, 2.75) is 6.92 Å². The highest BCUT2D eigenvalue weighted by molar-refractivity contribution is 5.86. The fraction of sp³-hybridized carbons (Fsp3) is 0.0667. The van der Waals surface area contributed by atoms with Crippen LogP contribution in [0.1, 0.15) is 15.9 Å². The maximum atomic E-state index is 10.7. The van der Waals surface area contributed by atoms with Crippen molar-refractivity contribution in [1.82, 2.24) is 9.97 Å². The van der Waals surface area contributed by atoms with Gasteiger partial charge in [0.1, 0.15) is 12.1 Å². The van der Waals surface area contributed by atoms with Crippen LogP contribution in [0.2, 0.25) is 0 Å². The third-order valence-corrected chi connectivity index (χ3v) is 2.97. The van der Waals surface area contributed by atoms with E-state index in [0.717, 1.165) is 28.7 Å². The third kappa shape index (κ3) is 1.80. The van der Waals surface area contributed by atoms with Crippen LogP contribution < -0.4 is 0 Å². The summed E-state index contributed by atoms with van der Waals surface area (Å²) in [5.41, 5.74) is 4.68. The Morgan fingerprint density at radius 2 is 1.89 bits per heavy atom.